The molecule has 0 bridgehead atoms. The van der Waals surface area contributed by atoms with Gasteiger partial charge in [-0.1, -0.05) is 22.9 Å². The van der Waals surface area contributed by atoms with Crippen LogP contribution in [0.15, 0.2) is 54.9 Å². The number of hydrogen-bond acceptors (Lipinski definition) is 1. The lowest BCUT2D eigenvalue weighted by molar-refractivity contribution is -0.641. The fourth-order valence-electron chi connectivity index (χ4n) is 1.35. The van der Waals surface area contributed by atoms with Crippen molar-refractivity contribution in [3.05, 3.63) is 66.0 Å². The third-order valence-electron chi connectivity index (χ3n) is 2.26. The van der Waals surface area contributed by atoms with Crippen molar-refractivity contribution < 1.29 is 9.47 Å². The lowest BCUT2D eigenvalue weighted by Gasteiger charge is -1.99. The quantitative estimate of drug-likeness (QED) is 0.756. The minimum absolute atomic E-state index is 0.116. The largest absolute Gasteiger partial charge is 0.305 e. The highest BCUT2D eigenvalue weighted by Gasteiger charge is 2.08. The minimum atomic E-state index is -0.116. The number of carbonyl (C=O) groups excluding carboxylic acids is 1. The van der Waals surface area contributed by atoms with E-state index in [0.717, 1.165) is 5.56 Å². The Labute approximate surface area is 94.3 Å². The summed E-state index contributed by atoms with van der Waals surface area (Å²) in [7, 11) is 0. The van der Waals surface area contributed by atoms with E-state index in [4.69, 9.17) is 0 Å². The summed E-state index contributed by atoms with van der Waals surface area (Å²) in [5.41, 5.74) is 4.57. The van der Waals surface area contributed by atoms with Gasteiger partial charge in [-0.3, -0.25) is 4.79 Å². The van der Waals surface area contributed by atoms with Gasteiger partial charge in [0.25, 0.3) is 0 Å². The van der Waals surface area contributed by atoms with E-state index in [2.05, 4.69) is 5.43 Å². The van der Waals surface area contributed by atoms with Crippen LogP contribution in [0.5, 0.6) is 0 Å². The maximum atomic E-state index is 11.8. The third kappa shape index (κ3) is 2.45. The first-order valence-electron chi connectivity index (χ1n) is 5.10. The van der Waals surface area contributed by atoms with E-state index in [9.17, 15) is 4.79 Å². The highest BCUT2D eigenvalue weighted by Crippen LogP contribution is 1.97. The molecule has 3 nitrogen and oxygen atoms in total. The molecule has 1 N–H and O–H groups in total. The van der Waals surface area contributed by atoms with Gasteiger partial charge < -0.3 is 0 Å². The molecular weight excluding hydrogens is 200 g/mol. The normalized spacial score (nSPS) is 9.81. The summed E-state index contributed by atoms with van der Waals surface area (Å²) in [5, 5.41) is 0. The highest BCUT2D eigenvalue weighted by molar-refractivity contribution is 5.98. The second-order valence-corrected chi connectivity index (χ2v) is 3.59. The summed E-state index contributed by atoms with van der Waals surface area (Å²) < 4.78 is 1.64. The SMILES string of the molecule is Cc1cc[n+](NC(=O)c2ccccc2)cc1. The van der Waals surface area contributed by atoms with Gasteiger partial charge in [0.15, 0.2) is 12.4 Å². The average Bonchev–Trinajstić information content (AvgIpc) is 2.33. The summed E-state index contributed by atoms with van der Waals surface area (Å²) >= 11 is 0. The Kier molecular flexibility index (Phi) is 2.96. The van der Waals surface area contributed by atoms with Crippen molar-refractivity contribution in [3.8, 4) is 0 Å². The second kappa shape index (κ2) is 4.57. The van der Waals surface area contributed by atoms with Gasteiger partial charge in [-0.15, -0.1) is 5.43 Å². The molecule has 0 aliphatic carbocycles. The van der Waals surface area contributed by atoms with Crippen molar-refractivity contribution in [1.82, 2.24) is 0 Å². The lowest BCUT2D eigenvalue weighted by Crippen LogP contribution is -2.47. The maximum Gasteiger partial charge on any atom is 0.305 e. The monoisotopic (exact) mass is 213 g/mol. The first-order chi connectivity index (χ1) is 7.75. The Morgan fingerprint density at radius 2 is 1.69 bits per heavy atom. The Hall–Kier alpha value is -2.16. The fraction of sp³-hybridized carbons (Fsp3) is 0.0769. The van der Waals surface area contributed by atoms with Crippen molar-refractivity contribution in [3.63, 3.8) is 0 Å². The summed E-state index contributed by atoms with van der Waals surface area (Å²) in [4.78, 5) is 11.8. The lowest BCUT2D eigenvalue weighted by atomic mass is 10.2. The first-order valence-corrected chi connectivity index (χ1v) is 5.10. The molecule has 1 aromatic carbocycles. The Bertz CT molecular complexity index is 477. The van der Waals surface area contributed by atoms with E-state index in [1.54, 1.807) is 16.8 Å². The van der Waals surface area contributed by atoms with Gasteiger partial charge in [0.2, 0.25) is 0 Å². The Morgan fingerprint density at radius 3 is 2.31 bits per heavy atom. The maximum absolute atomic E-state index is 11.8. The molecule has 2 aromatic rings. The third-order valence-corrected chi connectivity index (χ3v) is 2.26. The number of amides is 1. The van der Waals surface area contributed by atoms with Crippen LogP contribution < -0.4 is 10.1 Å². The van der Waals surface area contributed by atoms with Crippen molar-refractivity contribution >= 4 is 5.91 Å². The van der Waals surface area contributed by atoms with E-state index in [1.165, 1.54) is 0 Å². The van der Waals surface area contributed by atoms with Crippen LogP contribution >= 0.6 is 0 Å². The van der Waals surface area contributed by atoms with Gasteiger partial charge >= 0.3 is 5.91 Å². The molecule has 0 aliphatic heterocycles. The molecule has 0 unspecified atom stereocenters. The molecule has 0 radical (unpaired) electrons. The summed E-state index contributed by atoms with van der Waals surface area (Å²) in [6, 6.07) is 13.0. The van der Waals surface area contributed by atoms with Crippen LogP contribution in [0.3, 0.4) is 0 Å². The summed E-state index contributed by atoms with van der Waals surface area (Å²) in [5.74, 6) is -0.116. The summed E-state index contributed by atoms with van der Waals surface area (Å²) in [6.07, 6.45) is 3.63. The van der Waals surface area contributed by atoms with Crippen LogP contribution in [0.25, 0.3) is 0 Å². The van der Waals surface area contributed by atoms with Gasteiger partial charge in [0.05, 0.1) is 0 Å². The molecule has 1 heterocycles. The molecule has 3 heteroatoms. The van der Waals surface area contributed by atoms with Crippen LogP contribution in [-0.4, -0.2) is 5.91 Å². The molecule has 0 aliphatic rings. The van der Waals surface area contributed by atoms with E-state index in [1.807, 2.05) is 49.6 Å². The van der Waals surface area contributed by atoms with Crippen LogP contribution in [0.1, 0.15) is 15.9 Å². The molecule has 0 spiro atoms. The molecule has 0 fully saturated rings. The zero-order valence-electron chi connectivity index (χ0n) is 9.05. The van der Waals surface area contributed by atoms with Crippen molar-refractivity contribution in [2.24, 2.45) is 0 Å². The van der Waals surface area contributed by atoms with Crippen molar-refractivity contribution in [1.29, 1.82) is 0 Å². The van der Waals surface area contributed by atoms with Crippen LogP contribution in [0.4, 0.5) is 0 Å². The molecule has 0 atom stereocenters. The highest BCUT2D eigenvalue weighted by atomic mass is 16.2. The number of nitrogens with zero attached hydrogens (tertiary/aromatic N) is 1. The molecule has 2 rings (SSSR count). The number of nitrogens with one attached hydrogen (secondary N) is 1. The Morgan fingerprint density at radius 1 is 1.06 bits per heavy atom. The number of hydrogen-bond donors (Lipinski definition) is 1. The number of aromatic nitrogens is 1. The van der Waals surface area contributed by atoms with Gasteiger partial charge in [-0.25, -0.2) is 0 Å². The molecule has 80 valence electrons. The number of carbonyl (C=O) groups is 1. The standard InChI is InChI=1S/C13H12N2O/c1-11-7-9-15(10-8-11)14-13(16)12-5-3-2-4-6-12/h2-10H,1H3/p+1. The molecule has 0 saturated carbocycles. The van der Waals surface area contributed by atoms with Gasteiger partial charge in [0, 0.05) is 17.7 Å². The zero-order valence-corrected chi connectivity index (χ0v) is 9.05. The number of rotatable bonds is 2. The van der Waals surface area contributed by atoms with E-state index < -0.39 is 0 Å². The second-order valence-electron chi connectivity index (χ2n) is 3.59. The molecule has 0 saturated heterocycles. The predicted octanol–water partition coefficient (Wildman–Crippen LogP) is 1.67. The average molecular weight is 213 g/mol. The van der Waals surface area contributed by atoms with Crippen LogP contribution in [0.2, 0.25) is 0 Å². The molecule has 1 amide bonds. The predicted molar refractivity (Wildman–Crippen MR) is 61.5 cm³/mol. The van der Waals surface area contributed by atoms with Crippen molar-refractivity contribution in [2.45, 2.75) is 6.92 Å². The van der Waals surface area contributed by atoms with E-state index in [-0.39, 0.29) is 5.91 Å². The Balaban J connectivity index is 2.11. The summed E-state index contributed by atoms with van der Waals surface area (Å²) in [6.45, 7) is 2.00. The molecule has 1 aromatic heterocycles. The minimum Gasteiger partial charge on any atom is -0.264 e. The van der Waals surface area contributed by atoms with Crippen LogP contribution in [-0.2, 0) is 0 Å². The zero-order chi connectivity index (χ0) is 11.4. The number of benzene rings is 1. The number of aryl methyl sites for hydroxylation is 1. The van der Waals surface area contributed by atoms with Gasteiger partial charge in [-0.05, 0) is 24.6 Å². The fourth-order valence-corrected chi connectivity index (χ4v) is 1.35. The van der Waals surface area contributed by atoms with Gasteiger partial charge in [-0.2, -0.15) is 0 Å². The molecular formula is C13H13N2O+. The van der Waals surface area contributed by atoms with Gasteiger partial charge in [0.1, 0.15) is 0 Å². The molecule has 16 heavy (non-hydrogen) atoms. The van der Waals surface area contributed by atoms with E-state index in [0.29, 0.717) is 5.56 Å². The topological polar surface area (TPSA) is 33.0 Å². The van der Waals surface area contributed by atoms with Crippen molar-refractivity contribution in [2.75, 3.05) is 5.43 Å². The van der Waals surface area contributed by atoms with Crippen LogP contribution in [0, 0.1) is 6.92 Å². The first kappa shape index (κ1) is 10.4. The van der Waals surface area contributed by atoms with E-state index >= 15 is 0 Å². The smallest absolute Gasteiger partial charge is 0.264 e. The number of pyridine rings is 1.